The van der Waals surface area contributed by atoms with Gasteiger partial charge in [-0.15, -0.1) is 0 Å². The third-order valence-corrected chi connectivity index (χ3v) is 6.99. The largest absolute Gasteiger partial charge is 0.354 e. The summed E-state index contributed by atoms with van der Waals surface area (Å²) in [7, 11) is 2.17. The zero-order valence-corrected chi connectivity index (χ0v) is 18.7. The highest BCUT2D eigenvalue weighted by Crippen LogP contribution is 2.34. The van der Waals surface area contributed by atoms with Gasteiger partial charge in [-0.2, -0.15) is 5.10 Å². The van der Waals surface area contributed by atoms with E-state index in [1.54, 1.807) is 11.8 Å². The lowest BCUT2D eigenvalue weighted by Gasteiger charge is -2.33. The fourth-order valence-corrected chi connectivity index (χ4v) is 5.08. The van der Waals surface area contributed by atoms with Crippen LogP contribution in [-0.2, 0) is 0 Å². The van der Waals surface area contributed by atoms with E-state index in [9.17, 15) is 0 Å². The Morgan fingerprint density at radius 3 is 2.52 bits per heavy atom. The Hall–Kier alpha value is -2.58. The second-order valence-corrected chi connectivity index (χ2v) is 9.45. The van der Waals surface area contributed by atoms with E-state index in [4.69, 9.17) is 9.97 Å². The van der Waals surface area contributed by atoms with Crippen LogP contribution in [0.1, 0.15) is 37.3 Å². The van der Waals surface area contributed by atoms with Crippen molar-refractivity contribution in [2.75, 3.05) is 43.4 Å². The minimum atomic E-state index is 0.610. The van der Waals surface area contributed by atoms with Gasteiger partial charge in [0.25, 0.3) is 0 Å². The molecular formula is C23H29N7S. The van der Waals surface area contributed by atoms with Crippen molar-refractivity contribution in [2.24, 2.45) is 0 Å². The molecule has 1 saturated carbocycles. The standard InChI is InChI=1S/C23H29N7S/c1-29-11-13-30(14-12-29)22-16-20(25-23(26-22)31-18-9-3-2-4-10-18)24-21-15-19(27-28-21)17-7-5-6-8-17/h2-4,9-10,15-17H,5-8,11-14H2,1H3,(H2,24,25,26,27,28). The molecule has 0 bridgehead atoms. The number of piperazine rings is 1. The van der Waals surface area contributed by atoms with Crippen molar-refractivity contribution in [3.8, 4) is 0 Å². The molecule has 1 aliphatic carbocycles. The number of benzene rings is 1. The number of hydrogen-bond acceptors (Lipinski definition) is 7. The van der Waals surface area contributed by atoms with Crippen LogP contribution in [0.5, 0.6) is 0 Å². The number of nitrogens with zero attached hydrogens (tertiary/aromatic N) is 5. The summed E-state index contributed by atoms with van der Waals surface area (Å²) in [6.45, 7) is 4.02. The van der Waals surface area contributed by atoms with E-state index >= 15 is 0 Å². The van der Waals surface area contributed by atoms with Crippen LogP contribution in [-0.4, -0.2) is 58.3 Å². The molecule has 0 amide bonds. The van der Waals surface area contributed by atoms with Crippen LogP contribution in [0.2, 0.25) is 0 Å². The van der Waals surface area contributed by atoms with E-state index in [0.29, 0.717) is 5.92 Å². The predicted molar refractivity (Wildman–Crippen MR) is 125 cm³/mol. The lowest BCUT2D eigenvalue weighted by atomic mass is 10.0. The number of hydrogen-bond donors (Lipinski definition) is 2. The summed E-state index contributed by atoms with van der Waals surface area (Å²) < 4.78 is 0. The Morgan fingerprint density at radius 1 is 0.968 bits per heavy atom. The molecule has 0 unspecified atom stereocenters. The Labute approximate surface area is 187 Å². The first-order valence-electron chi connectivity index (χ1n) is 11.1. The van der Waals surface area contributed by atoms with Crippen molar-refractivity contribution in [1.29, 1.82) is 0 Å². The minimum Gasteiger partial charge on any atom is -0.354 e. The van der Waals surface area contributed by atoms with Crippen LogP contribution in [0.3, 0.4) is 0 Å². The number of anilines is 3. The molecule has 2 fully saturated rings. The van der Waals surface area contributed by atoms with E-state index in [2.05, 4.69) is 50.6 Å². The van der Waals surface area contributed by atoms with E-state index < -0.39 is 0 Å². The molecule has 162 valence electrons. The van der Waals surface area contributed by atoms with Crippen molar-refractivity contribution in [3.63, 3.8) is 0 Å². The van der Waals surface area contributed by atoms with Gasteiger partial charge in [0.2, 0.25) is 0 Å². The van der Waals surface area contributed by atoms with Crippen molar-refractivity contribution in [1.82, 2.24) is 25.1 Å². The Kier molecular flexibility index (Phi) is 6.08. The monoisotopic (exact) mass is 435 g/mol. The van der Waals surface area contributed by atoms with Crippen molar-refractivity contribution < 1.29 is 0 Å². The minimum absolute atomic E-state index is 0.610. The maximum absolute atomic E-state index is 4.88. The molecule has 2 N–H and O–H groups in total. The molecule has 31 heavy (non-hydrogen) atoms. The van der Waals surface area contributed by atoms with E-state index in [-0.39, 0.29) is 0 Å². The summed E-state index contributed by atoms with van der Waals surface area (Å²) in [6, 6.07) is 14.5. The zero-order valence-electron chi connectivity index (χ0n) is 17.9. The van der Waals surface area contributed by atoms with E-state index in [1.807, 2.05) is 24.3 Å². The third-order valence-electron chi connectivity index (χ3n) is 6.12. The van der Waals surface area contributed by atoms with Crippen LogP contribution in [0.25, 0.3) is 0 Å². The highest BCUT2D eigenvalue weighted by molar-refractivity contribution is 7.99. The van der Waals surface area contributed by atoms with E-state index in [0.717, 1.165) is 53.7 Å². The SMILES string of the molecule is CN1CCN(c2cc(Nc3cc(C4CCCC4)[nH]n3)nc(Sc3ccccc3)n2)CC1. The van der Waals surface area contributed by atoms with Crippen LogP contribution >= 0.6 is 11.8 Å². The van der Waals surface area contributed by atoms with Crippen molar-refractivity contribution in [2.45, 2.75) is 41.7 Å². The molecule has 1 aliphatic heterocycles. The van der Waals surface area contributed by atoms with Gasteiger partial charge in [0.15, 0.2) is 11.0 Å². The third kappa shape index (κ3) is 5.02. The number of aromatic nitrogens is 4. The van der Waals surface area contributed by atoms with Gasteiger partial charge in [-0.05, 0) is 43.8 Å². The fourth-order valence-electron chi connectivity index (χ4n) is 4.29. The van der Waals surface area contributed by atoms with Gasteiger partial charge in [-0.3, -0.25) is 5.10 Å². The first kappa shape index (κ1) is 20.3. The van der Waals surface area contributed by atoms with Gasteiger partial charge >= 0.3 is 0 Å². The molecule has 3 aromatic rings. The fraction of sp³-hybridized carbons (Fsp3) is 0.435. The van der Waals surface area contributed by atoms with Crippen LogP contribution in [0, 0.1) is 0 Å². The summed E-state index contributed by atoms with van der Waals surface area (Å²) in [6.07, 6.45) is 5.13. The predicted octanol–water partition coefficient (Wildman–Crippen LogP) is 4.50. The van der Waals surface area contributed by atoms with Gasteiger partial charge < -0.3 is 15.1 Å². The summed E-state index contributed by atoms with van der Waals surface area (Å²) in [5.74, 6) is 3.18. The lowest BCUT2D eigenvalue weighted by molar-refractivity contribution is 0.312. The number of nitrogens with one attached hydrogen (secondary N) is 2. The molecule has 1 aromatic carbocycles. The zero-order chi connectivity index (χ0) is 21.0. The summed E-state index contributed by atoms with van der Waals surface area (Å²) in [4.78, 5) is 15.5. The van der Waals surface area contributed by atoms with Crippen molar-refractivity contribution in [3.05, 3.63) is 48.2 Å². The van der Waals surface area contributed by atoms with Crippen LogP contribution in [0.4, 0.5) is 17.5 Å². The number of rotatable bonds is 6. The average Bonchev–Trinajstić information content (AvgIpc) is 3.47. The molecule has 1 saturated heterocycles. The highest BCUT2D eigenvalue weighted by Gasteiger charge is 2.20. The molecule has 8 heteroatoms. The van der Waals surface area contributed by atoms with Crippen LogP contribution in [0.15, 0.2) is 52.5 Å². The highest BCUT2D eigenvalue weighted by atomic mass is 32.2. The molecule has 0 radical (unpaired) electrons. The Balaban J connectivity index is 1.39. The summed E-state index contributed by atoms with van der Waals surface area (Å²) in [5, 5.41) is 11.9. The van der Waals surface area contributed by atoms with Gasteiger partial charge in [-0.1, -0.05) is 31.0 Å². The summed E-state index contributed by atoms with van der Waals surface area (Å²) in [5.41, 5.74) is 1.23. The number of H-pyrrole nitrogens is 1. The normalized spacial score (nSPS) is 17.9. The topological polar surface area (TPSA) is 73.0 Å². The smallest absolute Gasteiger partial charge is 0.196 e. The van der Waals surface area contributed by atoms with Gasteiger partial charge in [-0.25, -0.2) is 9.97 Å². The quantitative estimate of drug-likeness (QED) is 0.552. The van der Waals surface area contributed by atoms with Crippen molar-refractivity contribution >= 4 is 29.2 Å². The first-order valence-corrected chi connectivity index (χ1v) is 11.9. The van der Waals surface area contributed by atoms with Gasteiger partial charge in [0.05, 0.1) is 0 Å². The molecular weight excluding hydrogens is 406 g/mol. The molecule has 3 heterocycles. The molecule has 5 rings (SSSR count). The molecule has 2 aromatic heterocycles. The first-order chi connectivity index (χ1) is 15.2. The molecule has 0 atom stereocenters. The van der Waals surface area contributed by atoms with Crippen LogP contribution < -0.4 is 10.2 Å². The number of aromatic amines is 1. The van der Waals surface area contributed by atoms with E-state index in [1.165, 1.54) is 31.4 Å². The maximum atomic E-state index is 4.88. The lowest BCUT2D eigenvalue weighted by Crippen LogP contribution is -2.44. The van der Waals surface area contributed by atoms with Gasteiger partial charge in [0, 0.05) is 54.8 Å². The second kappa shape index (κ2) is 9.28. The Bertz CT molecular complexity index is 992. The number of likely N-dealkylation sites (N-methyl/N-ethyl adjacent to an activating group) is 1. The average molecular weight is 436 g/mol. The summed E-state index contributed by atoms with van der Waals surface area (Å²) >= 11 is 1.59. The van der Waals surface area contributed by atoms with Gasteiger partial charge in [0.1, 0.15) is 11.6 Å². The Morgan fingerprint density at radius 2 is 1.74 bits per heavy atom. The second-order valence-electron chi connectivity index (χ2n) is 8.41. The molecule has 2 aliphatic rings. The molecule has 7 nitrogen and oxygen atoms in total. The molecule has 0 spiro atoms. The maximum Gasteiger partial charge on any atom is 0.196 e.